The Labute approximate surface area is 113 Å². The van der Waals surface area contributed by atoms with Gasteiger partial charge >= 0.3 is 0 Å². The van der Waals surface area contributed by atoms with Crippen molar-refractivity contribution < 1.29 is 9.84 Å². The highest BCUT2D eigenvalue weighted by molar-refractivity contribution is 6.32. The normalized spacial score (nSPS) is 12.9. The van der Waals surface area contributed by atoms with Gasteiger partial charge in [0.15, 0.2) is 0 Å². The third kappa shape index (κ3) is 4.21. The van der Waals surface area contributed by atoms with E-state index in [1.807, 2.05) is 13.8 Å². The Hall–Kier alpha value is -1.24. The van der Waals surface area contributed by atoms with Crippen LogP contribution in [-0.4, -0.2) is 11.7 Å². The van der Waals surface area contributed by atoms with Crippen molar-refractivity contribution in [3.63, 3.8) is 0 Å². The van der Waals surface area contributed by atoms with Crippen LogP contribution in [0.1, 0.15) is 38.9 Å². The highest BCUT2D eigenvalue weighted by Crippen LogP contribution is 2.28. The molecule has 0 saturated carbocycles. The quantitative estimate of drug-likeness (QED) is 0.885. The van der Waals surface area contributed by atoms with Crippen LogP contribution in [0, 0.1) is 16.7 Å². The summed E-state index contributed by atoms with van der Waals surface area (Å²) in [7, 11) is 0. The standard InChI is InChI=1S/C14H18ClNO2/c1-10(17)11-4-5-13(12(15)8-11)18-7-6-14(2,3)9-16/h4-5,8,10,17H,6-7H2,1-3H3/t10-/m0/s1. The fraction of sp³-hybridized carbons (Fsp3) is 0.500. The molecule has 0 aliphatic carbocycles. The summed E-state index contributed by atoms with van der Waals surface area (Å²) in [6.07, 6.45) is 0.0897. The number of aliphatic hydroxyl groups excluding tert-OH is 1. The minimum Gasteiger partial charge on any atom is -0.492 e. The fourth-order valence-electron chi connectivity index (χ4n) is 1.37. The predicted molar refractivity (Wildman–Crippen MR) is 71.6 cm³/mol. The van der Waals surface area contributed by atoms with E-state index in [0.29, 0.717) is 23.8 Å². The SMILES string of the molecule is C[C@H](O)c1ccc(OCCC(C)(C)C#N)c(Cl)c1. The Morgan fingerprint density at radius 3 is 2.67 bits per heavy atom. The van der Waals surface area contributed by atoms with Crippen molar-refractivity contribution in [3.8, 4) is 11.8 Å². The van der Waals surface area contributed by atoms with Gasteiger partial charge in [-0.2, -0.15) is 5.26 Å². The summed E-state index contributed by atoms with van der Waals surface area (Å²) in [6.45, 7) is 5.86. The molecular formula is C14H18ClNO2. The minimum atomic E-state index is -0.547. The zero-order chi connectivity index (χ0) is 13.8. The minimum absolute atomic E-state index is 0.397. The van der Waals surface area contributed by atoms with Crippen molar-refractivity contribution in [2.75, 3.05) is 6.61 Å². The molecule has 0 radical (unpaired) electrons. The van der Waals surface area contributed by atoms with Crippen LogP contribution in [0.5, 0.6) is 5.75 Å². The summed E-state index contributed by atoms with van der Waals surface area (Å²) in [5, 5.41) is 18.8. The third-order valence-electron chi connectivity index (χ3n) is 2.73. The lowest BCUT2D eigenvalue weighted by molar-refractivity contribution is 0.199. The molecule has 1 atom stereocenters. The first-order valence-corrected chi connectivity index (χ1v) is 6.25. The molecule has 0 spiro atoms. The molecule has 18 heavy (non-hydrogen) atoms. The van der Waals surface area contributed by atoms with Crippen LogP contribution in [-0.2, 0) is 0 Å². The second-order valence-corrected chi connectivity index (χ2v) is 5.37. The number of ether oxygens (including phenoxy) is 1. The Balaban J connectivity index is 2.62. The molecule has 4 heteroatoms. The largest absolute Gasteiger partial charge is 0.492 e. The molecule has 0 heterocycles. The van der Waals surface area contributed by atoms with E-state index in [1.54, 1.807) is 25.1 Å². The number of hydrogen-bond donors (Lipinski definition) is 1. The predicted octanol–water partition coefficient (Wildman–Crippen LogP) is 3.71. The zero-order valence-corrected chi connectivity index (χ0v) is 11.7. The average Bonchev–Trinajstić information content (AvgIpc) is 2.31. The van der Waals surface area contributed by atoms with Crippen LogP contribution >= 0.6 is 11.6 Å². The Bertz CT molecular complexity index is 450. The molecule has 1 aromatic carbocycles. The number of halogens is 1. The molecule has 0 saturated heterocycles. The van der Waals surface area contributed by atoms with Gasteiger partial charge in [0.1, 0.15) is 5.75 Å². The molecule has 0 aliphatic heterocycles. The molecule has 0 aliphatic rings. The Kier molecular flexibility index (Phi) is 5.01. The van der Waals surface area contributed by atoms with Crippen LogP contribution in [0.25, 0.3) is 0 Å². The van der Waals surface area contributed by atoms with Crippen molar-refractivity contribution in [1.82, 2.24) is 0 Å². The molecule has 0 unspecified atom stereocenters. The number of nitrogens with zero attached hydrogens (tertiary/aromatic N) is 1. The lowest BCUT2D eigenvalue weighted by atomic mass is 9.92. The van der Waals surface area contributed by atoms with Gasteiger partial charge in [-0.25, -0.2) is 0 Å². The van der Waals surface area contributed by atoms with E-state index in [4.69, 9.17) is 21.6 Å². The first-order valence-electron chi connectivity index (χ1n) is 5.87. The van der Waals surface area contributed by atoms with Crippen LogP contribution < -0.4 is 4.74 Å². The number of hydrogen-bond acceptors (Lipinski definition) is 3. The number of benzene rings is 1. The van der Waals surface area contributed by atoms with Gasteiger partial charge in [-0.05, 0) is 44.9 Å². The molecule has 3 nitrogen and oxygen atoms in total. The Morgan fingerprint density at radius 1 is 1.50 bits per heavy atom. The zero-order valence-electron chi connectivity index (χ0n) is 10.9. The van der Waals surface area contributed by atoms with E-state index >= 15 is 0 Å². The molecule has 1 rings (SSSR count). The summed E-state index contributed by atoms with van der Waals surface area (Å²) < 4.78 is 5.54. The van der Waals surface area contributed by atoms with Crippen molar-refractivity contribution in [2.24, 2.45) is 5.41 Å². The van der Waals surface area contributed by atoms with E-state index in [-0.39, 0.29) is 0 Å². The summed E-state index contributed by atoms with van der Waals surface area (Å²) >= 11 is 6.06. The maximum atomic E-state index is 9.42. The first-order chi connectivity index (χ1) is 8.35. The number of aliphatic hydroxyl groups is 1. The molecule has 0 bridgehead atoms. The summed E-state index contributed by atoms with van der Waals surface area (Å²) in [5.74, 6) is 0.579. The lowest BCUT2D eigenvalue weighted by Crippen LogP contribution is -2.13. The molecule has 1 aromatic rings. The maximum absolute atomic E-state index is 9.42. The van der Waals surface area contributed by atoms with Crippen LogP contribution in [0.15, 0.2) is 18.2 Å². The fourth-order valence-corrected chi connectivity index (χ4v) is 1.61. The van der Waals surface area contributed by atoms with E-state index in [1.165, 1.54) is 0 Å². The molecule has 0 fully saturated rings. The van der Waals surface area contributed by atoms with Gasteiger partial charge in [-0.1, -0.05) is 17.7 Å². The highest BCUT2D eigenvalue weighted by Gasteiger charge is 2.16. The monoisotopic (exact) mass is 267 g/mol. The smallest absolute Gasteiger partial charge is 0.137 e. The van der Waals surface area contributed by atoms with E-state index < -0.39 is 11.5 Å². The van der Waals surface area contributed by atoms with Gasteiger partial charge in [0.25, 0.3) is 0 Å². The molecule has 98 valence electrons. The van der Waals surface area contributed by atoms with Gasteiger partial charge in [0, 0.05) is 0 Å². The van der Waals surface area contributed by atoms with Crippen molar-refractivity contribution in [2.45, 2.75) is 33.3 Å². The van der Waals surface area contributed by atoms with Gasteiger partial charge in [0.05, 0.1) is 29.2 Å². The van der Waals surface area contributed by atoms with E-state index in [9.17, 15) is 5.11 Å². The van der Waals surface area contributed by atoms with Gasteiger partial charge in [0.2, 0.25) is 0 Å². The molecular weight excluding hydrogens is 250 g/mol. The molecule has 1 N–H and O–H groups in total. The molecule has 0 aromatic heterocycles. The van der Waals surface area contributed by atoms with Crippen LogP contribution in [0.2, 0.25) is 5.02 Å². The van der Waals surface area contributed by atoms with Crippen LogP contribution in [0.3, 0.4) is 0 Å². The van der Waals surface area contributed by atoms with Crippen LogP contribution in [0.4, 0.5) is 0 Å². The van der Waals surface area contributed by atoms with Gasteiger partial charge < -0.3 is 9.84 Å². The lowest BCUT2D eigenvalue weighted by Gasteiger charge is -2.16. The van der Waals surface area contributed by atoms with Gasteiger partial charge in [-0.3, -0.25) is 0 Å². The Morgan fingerprint density at radius 2 is 2.17 bits per heavy atom. The average molecular weight is 268 g/mol. The van der Waals surface area contributed by atoms with Gasteiger partial charge in [-0.15, -0.1) is 0 Å². The summed E-state index contributed by atoms with van der Waals surface area (Å²) in [6, 6.07) is 7.43. The summed E-state index contributed by atoms with van der Waals surface area (Å²) in [5.41, 5.74) is 0.358. The van der Waals surface area contributed by atoms with E-state index in [2.05, 4.69) is 6.07 Å². The van der Waals surface area contributed by atoms with Crippen molar-refractivity contribution in [3.05, 3.63) is 28.8 Å². The second-order valence-electron chi connectivity index (χ2n) is 4.96. The highest BCUT2D eigenvalue weighted by atomic mass is 35.5. The second kappa shape index (κ2) is 6.08. The van der Waals surface area contributed by atoms with Crippen molar-refractivity contribution >= 4 is 11.6 Å². The van der Waals surface area contributed by atoms with E-state index in [0.717, 1.165) is 5.56 Å². The first kappa shape index (κ1) is 14.8. The third-order valence-corrected chi connectivity index (χ3v) is 3.02. The number of nitriles is 1. The maximum Gasteiger partial charge on any atom is 0.137 e. The number of rotatable bonds is 5. The van der Waals surface area contributed by atoms with Crippen molar-refractivity contribution in [1.29, 1.82) is 5.26 Å². The summed E-state index contributed by atoms with van der Waals surface area (Å²) in [4.78, 5) is 0. The topological polar surface area (TPSA) is 53.2 Å². The molecule has 0 amide bonds.